The molecule has 0 radical (unpaired) electrons. The zero-order valence-corrected chi connectivity index (χ0v) is 9.94. The number of alkyl halides is 1. The minimum absolute atomic E-state index is 0.421. The average Bonchev–Trinajstić information content (AvgIpc) is 2.44. The van der Waals surface area contributed by atoms with Gasteiger partial charge < -0.3 is 4.90 Å². The van der Waals surface area contributed by atoms with Gasteiger partial charge in [-0.25, -0.2) is 0 Å². The van der Waals surface area contributed by atoms with Crippen molar-refractivity contribution in [2.45, 2.75) is 22.5 Å². The van der Waals surface area contributed by atoms with E-state index in [9.17, 15) is 0 Å². The first-order valence-electron chi connectivity index (χ1n) is 4.49. The molecule has 0 fully saturated rings. The van der Waals surface area contributed by atoms with Crippen molar-refractivity contribution in [2.75, 3.05) is 11.4 Å². The molecule has 0 spiro atoms. The van der Waals surface area contributed by atoms with Crippen molar-refractivity contribution in [1.82, 2.24) is 0 Å². The molecule has 0 aromatic heterocycles. The SMILES string of the molecule is CCCN1c2ccccc2SC1Br. The summed E-state index contributed by atoms with van der Waals surface area (Å²) >= 11 is 5.56. The van der Waals surface area contributed by atoms with Gasteiger partial charge in [0.15, 0.2) is 0 Å². The van der Waals surface area contributed by atoms with E-state index in [2.05, 4.69) is 52.0 Å². The van der Waals surface area contributed by atoms with E-state index < -0.39 is 0 Å². The van der Waals surface area contributed by atoms with Gasteiger partial charge in [-0.15, -0.1) is 0 Å². The number of hydrogen-bond acceptors (Lipinski definition) is 2. The van der Waals surface area contributed by atoms with E-state index in [1.807, 2.05) is 11.8 Å². The number of fused-ring (bicyclic) bond motifs is 1. The van der Waals surface area contributed by atoms with Gasteiger partial charge in [0.2, 0.25) is 0 Å². The lowest BCUT2D eigenvalue weighted by Gasteiger charge is -2.21. The molecular formula is C10H12BrNS. The summed E-state index contributed by atoms with van der Waals surface area (Å²) < 4.78 is 0.421. The lowest BCUT2D eigenvalue weighted by molar-refractivity contribution is 0.830. The molecule has 0 bridgehead atoms. The van der Waals surface area contributed by atoms with E-state index in [1.165, 1.54) is 17.0 Å². The standard InChI is InChI=1S/C10H12BrNS/c1-2-7-12-8-5-3-4-6-9(8)13-10(12)11/h3-6,10H,2,7H2,1H3. The van der Waals surface area contributed by atoms with Crippen LogP contribution in [0.15, 0.2) is 29.2 Å². The molecule has 1 nitrogen and oxygen atoms in total. The highest BCUT2D eigenvalue weighted by Gasteiger charge is 2.26. The van der Waals surface area contributed by atoms with E-state index in [0.29, 0.717) is 4.28 Å². The van der Waals surface area contributed by atoms with Gasteiger partial charge in [0, 0.05) is 11.4 Å². The predicted octanol–water partition coefficient (Wildman–Crippen LogP) is 3.69. The van der Waals surface area contributed by atoms with Gasteiger partial charge in [-0.1, -0.05) is 46.7 Å². The van der Waals surface area contributed by atoms with E-state index in [-0.39, 0.29) is 0 Å². The number of para-hydroxylation sites is 1. The monoisotopic (exact) mass is 257 g/mol. The van der Waals surface area contributed by atoms with E-state index in [1.54, 1.807) is 0 Å². The van der Waals surface area contributed by atoms with Crippen LogP contribution < -0.4 is 4.90 Å². The molecule has 1 unspecified atom stereocenters. The minimum atomic E-state index is 0.421. The quantitative estimate of drug-likeness (QED) is 0.588. The van der Waals surface area contributed by atoms with Crippen molar-refractivity contribution in [2.24, 2.45) is 0 Å². The summed E-state index contributed by atoms with van der Waals surface area (Å²) in [5, 5.41) is 0. The third kappa shape index (κ3) is 1.72. The molecule has 70 valence electrons. The van der Waals surface area contributed by atoms with Crippen LogP contribution in [-0.4, -0.2) is 10.8 Å². The van der Waals surface area contributed by atoms with Crippen LogP contribution in [0.4, 0.5) is 5.69 Å². The number of benzene rings is 1. The largest absolute Gasteiger partial charge is 0.349 e. The number of rotatable bonds is 2. The molecule has 1 atom stereocenters. The zero-order valence-electron chi connectivity index (χ0n) is 7.53. The fourth-order valence-electron chi connectivity index (χ4n) is 1.53. The van der Waals surface area contributed by atoms with Crippen molar-refractivity contribution in [3.05, 3.63) is 24.3 Å². The fraction of sp³-hybridized carbons (Fsp3) is 0.400. The second-order valence-electron chi connectivity index (χ2n) is 3.07. The maximum Gasteiger partial charge on any atom is 0.136 e. The summed E-state index contributed by atoms with van der Waals surface area (Å²) in [5.74, 6) is 0. The predicted molar refractivity (Wildman–Crippen MR) is 62.7 cm³/mol. The molecule has 1 aliphatic heterocycles. The number of nitrogens with zero attached hydrogens (tertiary/aromatic N) is 1. The normalized spacial score (nSPS) is 20.5. The maximum atomic E-state index is 3.68. The van der Waals surface area contributed by atoms with Crippen molar-refractivity contribution < 1.29 is 0 Å². The molecular weight excluding hydrogens is 246 g/mol. The van der Waals surface area contributed by atoms with Crippen molar-refractivity contribution in [3.8, 4) is 0 Å². The highest BCUT2D eigenvalue weighted by atomic mass is 79.9. The average molecular weight is 258 g/mol. The van der Waals surface area contributed by atoms with Crippen LogP contribution in [0.1, 0.15) is 13.3 Å². The first-order valence-corrected chi connectivity index (χ1v) is 6.29. The Balaban J connectivity index is 2.29. The van der Waals surface area contributed by atoms with Crippen LogP contribution in [-0.2, 0) is 0 Å². The van der Waals surface area contributed by atoms with Crippen molar-refractivity contribution >= 4 is 33.4 Å². The number of thioether (sulfide) groups is 1. The Bertz CT molecular complexity index is 303. The summed E-state index contributed by atoms with van der Waals surface area (Å²) in [6.07, 6.45) is 1.19. The third-order valence-corrected chi connectivity index (χ3v) is 4.21. The smallest absolute Gasteiger partial charge is 0.136 e. The molecule has 0 aliphatic carbocycles. The molecule has 1 heterocycles. The highest BCUT2D eigenvalue weighted by Crippen LogP contribution is 2.45. The van der Waals surface area contributed by atoms with Gasteiger partial charge in [-0.2, -0.15) is 0 Å². The van der Waals surface area contributed by atoms with Crippen LogP contribution in [0.3, 0.4) is 0 Å². The molecule has 0 saturated carbocycles. The van der Waals surface area contributed by atoms with Crippen LogP contribution >= 0.6 is 27.7 Å². The lowest BCUT2D eigenvalue weighted by atomic mass is 10.3. The Morgan fingerprint density at radius 2 is 2.23 bits per heavy atom. The molecule has 0 amide bonds. The van der Waals surface area contributed by atoms with Crippen LogP contribution in [0.25, 0.3) is 0 Å². The van der Waals surface area contributed by atoms with Crippen molar-refractivity contribution in [1.29, 1.82) is 0 Å². The summed E-state index contributed by atoms with van der Waals surface area (Å²) in [6.45, 7) is 3.34. The van der Waals surface area contributed by atoms with E-state index in [4.69, 9.17) is 0 Å². The molecule has 0 N–H and O–H groups in total. The van der Waals surface area contributed by atoms with Gasteiger partial charge >= 0.3 is 0 Å². The Morgan fingerprint density at radius 1 is 1.46 bits per heavy atom. The van der Waals surface area contributed by atoms with Gasteiger partial charge in [-0.05, 0) is 18.6 Å². The Kier molecular flexibility index (Phi) is 2.84. The van der Waals surface area contributed by atoms with E-state index in [0.717, 1.165) is 6.54 Å². The Hall–Kier alpha value is -0.150. The summed E-state index contributed by atoms with van der Waals surface area (Å²) in [4.78, 5) is 3.79. The minimum Gasteiger partial charge on any atom is -0.349 e. The van der Waals surface area contributed by atoms with E-state index >= 15 is 0 Å². The first-order chi connectivity index (χ1) is 6.33. The van der Waals surface area contributed by atoms with Gasteiger partial charge in [0.25, 0.3) is 0 Å². The maximum absolute atomic E-state index is 3.68. The second kappa shape index (κ2) is 3.93. The second-order valence-corrected chi connectivity index (χ2v) is 5.67. The third-order valence-electron chi connectivity index (χ3n) is 2.11. The number of anilines is 1. The van der Waals surface area contributed by atoms with Crippen molar-refractivity contribution in [3.63, 3.8) is 0 Å². The lowest BCUT2D eigenvalue weighted by Crippen LogP contribution is -2.25. The summed E-state index contributed by atoms with van der Waals surface area (Å²) in [6, 6.07) is 8.58. The summed E-state index contributed by atoms with van der Waals surface area (Å²) in [5.41, 5.74) is 1.37. The molecule has 2 rings (SSSR count). The molecule has 1 aromatic carbocycles. The molecule has 0 saturated heterocycles. The Labute approximate surface area is 91.6 Å². The molecule has 1 aliphatic rings. The van der Waals surface area contributed by atoms with Crippen LogP contribution in [0, 0.1) is 0 Å². The van der Waals surface area contributed by atoms with Crippen LogP contribution in [0.2, 0.25) is 0 Å². The number of hydrogen-bond donors (Lipinski definition) is 0. The first kappa shape index (κ1) is 9.41. The molecule has 1 aromatic rings. The van der Waals surface area contributed by atoms with Gasteiger partial charge in [0.1, 0.15) is 4.28 Å². The highest BCUT2D eigenvalue weighted by molar-refractivity contribution is 9.11. The fourth-order valence-corrected chi connectivity index (χ4v) is 3.58. The topological polar surface area (TPSA) is 3.24 Å². The molecule has 3 heteroatoms. The summed E-state index contributed by atoms with van der Waals surface area (Å²) in [7, 11) is 0. The number of halogens is 1. The molecule has 13 heavy (non-hydrogen) atoms. The van der Waals surface area contributed by atoms with Gasteiger partial charge in [-0.3, -0.25) is 0 Å². The van der Waals surface area contributed by atoms with Gasteiger partial charge in [0.05, 0.1) is 5.69 Å². The Morgan fingerprint density at radius 3 is 3.00 bits per heavy atom. The zero-order chi connectivity index (χ0) is 9.26. The van der Waals surface area contributed by atoms with Crippen LogP contribution in [0.5, 0.6) is 0 Å².